The Morgan fingerprint density at radius 1 is 1.67 bits per heavy atom. The lowest BCUT2D eigenvalue weighted by Crippen LogP contribution is -2.11. The summed E-state index contributed by atoms with van der Waals surface area (Å²) in [7, 11) is 0. The molecule has 1 aromatic heterocycles. The monoisotopic (exact) mass is 182 g/mol. The molecule has 1 saturated carbocycles. The van der Waals surface area contributed by atoms with E-state index in [0.717, 1.165) is 19.0 Å². The summed E-state index contributed by atoms with van der Waals surface area (Å²) in [6.45, 7) is 4.07. The first-order chi connectivity index (χ1) is 5.90. The van der Waals surface area contributed by atoms with Crippen LogP contribution in [0.1, 0.15) is 36.4 Å². The molecule has 1 N–H and O–H groups in total. The van der Waals surface area contributed by atoms with Crippen molar-refractivity contribution in [2.24, 2.45) is 0 Å². The van der Waals surface area contributed by atoms with Gasteiger partial charge < -0.3 is 5.32 Å². The molecule has 0 amide bonds. The molecule has 0 unspecified atom stereocenters. The fraction of sp³-hybridized carbons (Fsp3) is 0.667. The van der Waals surface area contributed by atoms with E-state index in [2.05, 4.69) is 22.6 Å². The topological polar surface area (TPSA) is 24.9 Å². The molecule has 1 aromatic rings. The van der Waals surface area contributed by atoms with Crippen LogP contribution >= 0.6 is 11.3 Å². The van der Waals surface area contributed by atoms with E-state index in [-0.39, 0.29) is 0 Å². The normalized spacial score (nSPS) is 16.8. The van der Waals surface area contributed by atoms with Gasteiger partial charge in [0, 0.05) is 17.8 Å². The summed E-state index contributed by atoms with van der Waals surface area (Å²) in [5.74, 6) is 0.811. The molecule has 2 nitrogen and oxygen atoms in total. The molecule has 0 aromatic carbocycles. The third kappa shape index (κ3) is 1.84. The van der Waals surface area contributed by atoms with Crippen LogP contribution in [-0.2, 0) is 6.54 Å². The number of rotatable bonds is 4. The molecule has 0 spiro atoms. The maximum atomic E-state index is 4.57. The Labute approximate surface area is 77.0 Å². The highest BCUT2D eigenvalue weighted by Gasteiger charge is 2.26. The van der Waals surface area contributed by atoms with Crippen LogP contribution in [0.4, 0.5) is 0 Å². The van der Waals surface area contributed by atoms with Crippen LogP contribution in [0.15, 0.2) is 5.38 Å². The summed E-state index contributed by atoms with van der Waals surface area (Å²) >= 11 is 1.82. The van der Waals surface area contributed by atoms with Crippen molar-refractivity contribution in [2.45, 2.75) is 32.2 Å². The number of thiazole rings is 1. The first kappa shape index (κ1) is 8.20. The minimum absolute atomic E-state index is 0.811. The quantitative estimate of drug-likeness (QED) is 0.771. The summed E-state index contributed by atoms with van der Waals surface area (Å²) < 4.78 is 0. The van der Waals surface area contributed by atoms with Gasteiger partial charge in [0.1, 0.15) is 0 Å². The zero-order chi connectivity index (χ0) is 8.39. The van der Waals surface area contributed by atoms with Crippen LogP contribution in [0.25, 0.3) is 0 Å². The molecule has 66 valence electrons. The predicted molar refractivity (Wildman–Crippen MR) is 51.5 cm³/mol. The van der Waals surface area contributed by atoms with Crippen LogP contribution in [0.2, 0.25) is 0 Å². The maximum Gasteiger partial charge on any atom is 0.0959 e. The second-order valence-electron chi connectivity index (χ2n) is 3.23. The average molecular weight is 182 g/mol. The van der Waals surface area contributed by atoms with E-state index >= 15 is 0 Å². The summed E-state index contributed by atoms with van der Waals surface area (Å²) in [6.07, 6.45) is 2.71. The Bertz CT molecular complexity index is 253. The van der Waals surface area contributed by atoms with E-state index in [1.165, 1.54) is 23.5 Å². The molecule has 1 heterocycles. The van der Waals surface area contributed by atoms with Crippen LogP contribution in [0, 0.1) is 0 Å². The Hall–Kier alpha value is -0.410. The highest BCUT2D eigenvalue weighted by atomic mass is 32.1. The van der Waals surface area contributed by atoms with Gasteiger partial charge >= 0.3 is 0 Å². The molecule has 1 fully saturated rings. The molecule has 0 aliphatic heterocycles. The highest BCUT2D eigenvalue weighted by Crippen LogP contribution is 2.41. The van der Waals surface area contributed by atoms with Gasteiger partial charge in [-0.25, -0.2) is 4.98 Å². The molecule has 12 heavy (non-hydrogen) atoms. The Balaban J connectivity index is 1.93. The average Bonchev–Trinajstić information content (AvgIpc) is 2.83. The van der Waals surface area contributed by atoms with E-state index in [1.807, 2.05) is 11.3 Å². The fourth-order valence-corrected chi connectivity index (χ4v) is 2.17. The Morgan fingerprint density at radius 2 is 2.50 bits per heavy atom. The third-order valence-electron chi connectivity index (χ3n) is 2.05. The van der Waals surface area contributed by atoms with Gasteiger partial charge in [-0.3, -0.25) is 0 Å². The van der Waals surface area contributed by atoms with E-state index in [1.54, 1.807) is 0 Å². The lowest BCUT2D eigenvalue weighted by Gasteiger charge is -1.95. The first-order valence-electron chi connectivity index (χ1n) is 4.55. The fourth-order valence-electron chi connectivity index (χ4n) is 1.17. The second kappa shape index (κ2) is 3.54. The van der Waals surface area contributed by atoms with Crippen molar-refractivity contribution in [3.63, 3.8) is 0 Å². The number of hydrogen-bond donors (Lipinski definition) is 1. The Kier molecular flexibility index (Phi) is 2.42. The maximum absolute atomic E-state index is 4.57. The van der Waals surface area contributed by atoms with Crippen LogP contribution in [0.5, 0.6) is 0 Å². The van der Waals surface area contributed by atoms with Crippen molar-refractivity contribution >= 4 is 11.3 Å². The van der Waals surface area contributed by atoms with Gasteiger partial charge in [0.05, 0.1) is 10.7 Å². The lowest BCUT2D eigenvalue weighted by atomic mass is 10.4. The standard InChI is InChI=1S/C9H14N2S/c1-2-10-5-8-6-12-9(11-8)7-3-4-7/h6-7,10H,2-5H2,1H3. The predicted octanol–water partition coefficient (Wildman–Crippen LogP) is 2.13. The smallest absolute Gasteiger partial charge is 0.0959 e. The number of aromatic nitrogens is 1. The van der Waals surface area contributed by atoms with E-state index in [9.17, 15) is 0 Å². The lowest BCUT2D eigenvalue weighted by molar-refractivity contribution is 0.712. The molecule has 0 radical (unpaired) electrons. The highest BCUT2D eigenvalue weighted by molar-refractivity contribution is 7.09. The van der Waals surface area contributed by atoms with Gasteiger partial charge in [-0.15, -0.1) is 11.3 Å². The van der Waals surface area contributed by atoms with E-state index < -0.39 is 0 Å². The number of nitrogens with one attached hydrogen (secondary N) is 1. The molecular weight excluding hydrogens is 168 g/mol. The zero-order valence-electron chi connectivity index (χ0n) is 7.34. The van der Waals surface area contributed by atoms with Gasteiger partial charge in [-0.2, -0.15) is 0 Å². The molecular formula is C9H14N2S. The number of hydrogen-bond acceptors (Lipinski definition) is 3. The summed E-state index contributed by atoms with van der Waals surface area (Å²) in [6, 6.07) is 0. The van der Waals surface area contributed by atoms with Crippen molar-refractivity contribution in [3.05, 3.63) is 16.1 Å². The van der Waals surface area contributed by atoms with Crippen molar-refractivity contribution in [1.82, 2.24) is 10.3 Å². The molecule has 0 bridgehead atoms. The zero-order valence-corrected chi connectivity index (χ0v) is 8.16. The van der Waals surface area contributed by atoms with E-state index in [0.29, 0.717) is 0 Å². The van der Waals surface area contributed by atoms with Crippen LogP contribution in [0.3, 0.4) is 0 Å². The minimum atomic E-state index is 0.811. The summed E-state index contributed by atoms with van der Waals surface area (Å²) in [4.78, 5) is 4.57. The second-order valence-corrected chi connectivity index (χ2v) is 4.12. The van der Waals surface area contributed by atoms with Crippen molar-refractivity contribution in [1.29, 1.82) is 0 Å². The van der Waals surface area contributed by atoms with Crippen molar-refractivity contribution in [2.75, 3.05) is 6.54 Å². The Morgan fingerprint density at radius 3 is 3.17 bits per heavy atom. The van der Waals surface area contributed by atoms with Crippen molar-refractivity contribution < 1.29 is 0 Å². The SMILES string of the molecule is CCNCc1csc(C2CC2)n1. The van der Waals surface area contributed by atoms with Gasteiger partial charge in [-0.1, -0.05) is 6.92 Å². The molecule has 0 saturated heterocycles. The van der Waals surface area contributed by atoms with Crippen molar-refractivity contribution in [3.8, 4) is 0 Å². The molecule has 1 aliphatic rings. The van der Waals surface area contributed by atoms with Crippen LogP contribution in [-0.4, -0.2) is 11.5 Å². The molecule has 2 rings (SSSR count). The van der Waals surface area contributed by atoms with Gasteiger partial charge in [0.25, 0.3) is 0 Å². The molecule has 1 aliphatic carbocycles. The van der Waals surface area contributed by atoms with Gasteiger partial charge in [0.2, 0.25) is 0 Å². The minimum Gasteiger partial charge on any atom is -0.311 e. The van der Waals surface area contributed by atoms with Gasteiger partial charge in [0.15, 0.2) is 0 Å². The summed E-state index contributed by atoms with van der Waals surface area (Å²) in [5, 5.41) is 6.81. The largest absolute Gasteiger partial charge is 0.311 e. The van der Waals surface area contributed by atoms with E-state index in [4.69, 9.17) is 0 Å². The first-order valence-corrected chi connectivity index (χ1v) is 5.43. The van der Waals surface area contributed by atoms with Gasteiger partial charge in [-0.05, 0) is 19.4 Å². The molecule has 3 heteroatoms. The number of nitrogens with zero attached hydrogens (tertiary/aromatic N) is 1. The molecule has 0 atom stereocenters. The third-order valence-corrected chi connectivity index (χ3v) is 3.11. The van der Waals surface area contributed by atoms with Crippen LogP contribution < -0.4 is 5.32 Å². The summed E-state index contributed by atoms with van der Waals surface area (Å²) in [5.41, 5.74) is 1.21.